The molecule has 118 valence electrons. The zero-order chi connectivity index (χ0) is 16.2. The highest BCUT2D eigenvalue weighted by molar-refractivity contribution is 5.99. The van der Waals surface area contributed by atoms with Crippen LogP contribution in [0.4, 0.5) is 16.3 Å². The van der Waals surface area contributed by atoms with E-state index in [0.717, 1.165) is 24.3 Å². The molecule has 0 radical (unpaired) electrons. The van der Waals surface area contributed by atoms with E-state index >= 15 is 0 Å². The molecule has 5 nitrogen and oxygen atoms in total. The van der Waals surface area contributed by atoms with Gasteiger partial charge in [0.25, 0.3) is 0 Å². The van der Waals surface area contributed by atoms with E-state index in [4.69, 9.17) is 4.52 Å². The Labute approximate surface area is 131 Å². The van der Waals surface area contributed by atoms with Gasteiger partial charge in [0, 0.05) is 17.2 Å². The third kappa shape index (κ3) is 4.35. The molecule has 22 heavy (non-hydrogen) atoms. The average Bonchev–Trinajstić information content (AvgIpc) is 2.89. The van der Waals surface area contributed by atoms with Gasteiger partial charge in [0.15, 0.2) is 5.82 Å². The maximum absolute atomic E-state index is 11.9. The van der Waals surface area contributed by atoms with Crippen LogP contribution < -0.4 is 10.6 Å². The van der Waals surface area contributed by atoms with Crippen molar-refractivity contribution in [3.05, 3.63) is 41.7 Å². The Morgan fingerprint density at radius 2 is 1.86 bits per heavy atom. The van der Waals surface area contributed by atoms with Gasteiger partial charge in [-0.2, -0.15) is 0 Å². The summed E-state index contributed by atoms with van der Waals surface area (Å²) >= 11 is 0. The first-order chi connectivity index (χ1) is 10.4. The number of carbonyl (C=O) groups is 1. The van der Waals surface area contributed by atoms with Crippen LogP contribution in [-0.2, 0) is 11.8 Å². The largest absolute Gasteiger partial charge is 0.359 e. The molecule has 0 saturated carbocycles. The van der Waals surface area contributed by atoms with Crippen LogP contribution in [0.15, 0.2) is 34.9 Å². The van der Waals surface area contributed by atoms with Crippen molar-refractivity contribution in [2.24, 2.45) is 0 Å². The molecule has 2 amide bonds. The van der Waals surface area contributed by atoms with Crippen molar-refractivity contribution in [1.29, 1.82) is 0 Å². The normalized spacial score (nSPS) is 11.3. The lowest BCUT2D eigenvalue weighted by Crippen LogP contribution is -2.19. The van der Waals surface area contributed by atoms with Gasteiger partial charge in [-0.25, -0.2) is 4.79 Å². The van der Waals surface area contributed by atoms with E-state index < -0.39 is 0 Å². The molecule has 0 aliphatic carbocycles. The van der Waals surface area contributed by atoms with Crippen LogP contribution in [0.1, 0.15) is 45.4 Å². The van der Waals surface area contributed by atoms with Gasteiger partial charge in [-0.15, -0.1) is 0 Å². The summed E-state index contributed by atoms with van der Waals surface area (Å²) in [4.78, 5) is 11.9. The molecule has 2 aromatic rings. The number of urea groups is 1. The average molecular weight is 301 g/mol. The van der Waals surface area contributed by atoms with Crippen molar-refractivity contribution in [2.45, 2.75) is 46.0 Å². The predicted octanol–water partition coefficient (Wildman–Crippen LogP) is 4.57. The molecule has 2 rings (SSSR count). The van der Waals surface area contributed by atoms with Gasteiger partial charge >= 0.3 is 6.03 Å². The second-order valence-electron chi connectivity index (χ2n) is 6.35. The standard InChI is InChI=1S/C17H23N3O2/c1-5-6-12-7-9-13(10-8-12)18-16(21)19-15-11-14(22-20-15)17(2,3)4/h7-11H,5-6H2,1-4H3,(H2,18,19,20,21). The summed E-state index contributed by atoms with van der Waals surface area (Å²) in [5.74, 6) is 1.14. The first-order valence-corrected chi connectivity index (χ1v) is 7.52. The zero-order valence-corrected chi connectivity index (χ0v) is 13.6. The van der Waals surface area contributed by atoms with Crippen LogP contribution >= 0.6 is 0 Å². The fourth-order valence-electron chi connectivity index (χ4n) is 2.01. The molecule has 0 unspecified atom stereocenters. The van der Waals surface area contributed by atoms with Crippen molar-refractivity contribution >= 4 is 17.5 Å². The van der Waals surface area contributed by atoms with Crippen molar-refractivity contribution in [2.75, 3.05) is 10.6 Å². The highest BCUT2D eigenvalue weighted by Crippen LogP contribution is 2.24. The number of amides is 2. The van der Waals surface area contributed by atoms with Crippen molar-refractivity contribution in [3.8, 4) is 0 Å². The molecule has 5 heteroatoms. The molecule has 1 aromatic carbocycles. The Balaban J connectivity index is 1.94. The summed E-state index contributed by atoms with van der Waals surface area (Å²) in [5.41, 5.74) is 1.87. The third-order valence-electron chi connectivity index (χ3n) is 3.24. The first-order valence-electron chi connectivity index (χ1n) is 7.52. The number of benzene rings is 1. The number of nitrogens with one attached hydrogen (secondary N) is 2. The second-order valence-corrected chi connectivity index (χ2v) is 6.35. The zero-order valence-electron chi connectivity index (χ0n) is 13.6. The summed E-state index contributed by atoms with van der Waals surface area (Å²) in [6, 6.07) is 9.24. The quantitative estimate of drug-likeness (QED) is 0.869. The SMILES string of the molecule is CCCc1ccc(NC(=O)Nc2cc(C(C)(C)C)on2)cc1. The number of hydrogen-bond acceptors (Lipinski definition) is 3. The van der Waals surface area contributed by atoms with E-state index in [2.05, 4.69) is 22.7 Å². The monoisotopic (exact) mass is 301 g/mol. The molecular weight excluding hydrogens is 278 g/mol. The van der Waals surface area contributed by atoms with Crippen LogP contribution in [0.25, 0.3) is 0 Å². The van der Waals surface area contributed by atoms with Crippen molar-refractivity contribution in [1.82, 2.24) is 5.16 Å². The van der Waals surface area contributed by atoms with E-state index in [9.17, 15) is 4.79 Å². The van der Waals surface area contributed by atoms with Crippen LogP contribution in [0.2, 0.25) is 0 Å². The highest BCUT2D eigenvalue weighted by atomic mass is 16.5. The van der Waals surface area contributed by atoms with Crippen LogP contribution in [0.3, 0.4) is 0 Å². The summed E-state index contributed by atoms with van der Waals surface area (Å²) in [6.07, 6.45) is 2.15. The van der Waals surface area contributed by atoms with Gasteiger partial charge in [-0.3, -0.25) is 5.32 Å². The molecule has 0 atom stereocenters. The molecule has 0 spiro atoms. The molecule has 1 aromatic heterocycles. The van der Waals surface area contributed by atoms with Gasteiger partial charge in [-0.05, 0) is 24.1 Å². The van der Waals surface area contributed by atoms with Crippen molar-refractivity contribution < 1.29 is 9.32 Å². The summed E-state index contributed by atoms with van der Waals surface area (Å²) < 4.78 is 5.23. The fourth-order valence-corrected chi connectivity index (χ4v) is 2.01. The van der Waals surface area contributed by atoms with Crippen LogP contribution in [0, 0.1) is 0 Å². The van der Waals surface area contributed by atoms with Gasteiger partial charge in [0.2, 0.25) is 0 Å². The summed E-state index contributed by atoms with van der Waals surface area (Å²) in [7, 11) is 0. The van der Waals surface area contributed by atoms with E-state index in [1.165, 1.54) is 5.56 Å². The smallest absolute Gasteiger partial charge is 0.324 e. The number of hydrogen-bond donors (Lipinski definition) is 2. The van der Waals surface area contributed by atoms with E-state index in [1.807, 2.05) is 45.0 Å². The topological polar surface area (TPSA) is 67.2 Å². The lowest BCUT2D eigenvalue weighted by molar-refractivity contribution is 0.262. The molecule has 0 fully saturated rings. The first kappa shape index (κ1) is 16.1. The maximum Gasteiger partial charge on any atom is 0.324 e. The van der Waals surface area contributed by atoms with Crippen LogP contribution in [0.5, 0.6) is 0 Å². The van der Waals surface area contributed by atoms with E-state index in [0.29, 0.717) is 5.82 Å². The molecule has 0 aliphatic heterocycles. The number of anilines is 2. The third-order valence-corrected chi connectivity index (χ3v) is 3.24. The minimum atomic E-state index is -0.336. The van der Waals surface area contributed by atoms with Gasteiger partial charge in [0.1, 0.15) is 5.76 Å². The second kappa shape index (κ2) is 6.64. The number of rotatable bonds is 4. The molecule has 1 heterocycles. The Morgan fingerprint density at radius 1 is 1.18 bits per heavy atom. The van der Waals surface area contributed by atoms with Gasteiger partial charge in [0.05, 0.1) is 0 Å². The van der Waals surface area contributed by atoms with Gasteiger partial charge < -0.3 is 9.84 Å². The predicted molar refractivity (Wildman–Crippen MR) is 88.3 cm³/mol. The Bertz CT molecular complexity index is 624. The Kier molecular flexibility index (Phi) is 4.85. The summed E-state index contributed by atoms with van der Waals surface area (Å²) in [6.45, 7) is 8.21. The Hall–Kier alpha value is -2.30. The molecule has 0 aliphatic rings. The number of aromatic nitrogens is 1. The summed E-state index contributed by atoms with van der Waals surface area (Å²) in [5, 5.41) is 9.30. The Morgan fingerprint density at radius 3 is 2.41 bits per heavy atom. The van der Waals surface area contributed by atoms with Crippen LogP contribution in [-0.4, -0.2) is 11.2 Å². The molecule has 2 N–H and O–H groups in total. The number of aryl methyl sites for hydroxylation is 1. The molecule has 0 bridgehead atoms. The minimum absolute atomic E-state index is 0.140. The molecule has 0 saturated heterocycles. The van der Waals surface area contributed by atoms with Gasteiger partial charge in [-0.1, -0.05) is 51.4 Å². The number of carbonyl (C=O) groups excluding carboxylic acids is 1. The van der Waals surface area contributed by atoms with Crippen molar-refractivity contribution in [3.63, 3.8) is 0 Å². The lowest BCUT2D eigenvalue weighted by Gasteiger charge is -2.12. The molecular formula is C17H23N3O2. The lowest BCUT2D eigenvalue weighted by atomic mass is 9.93. The maximum atomic E-state index is 11.9. The fraction of sp³-hybridized carbons (Fsp3) is 0.412. The highest BCUT2D eigenvalue weighted by Gasteiger charge is 2.20. The van der Waals surface area contributed by atoms with E-state index in [-0.39, 0.29) is 11.4 Å². The minimum Gasteiger partial charge on any atom is -0.359 e. The van der Waals surface area contributed by atoms with E-state index in [1.54, 1.807) is 6.07 Å². The number of nitrogens with zero attached hydrogens (tertiary/aromatic N) is 1.